The topological polar surface area (TPSA) is 71.5 Å². The summed E-state index contributed by atoms with van der Waals surface area (Å²) in [6.45, 7) is 1.08. The Hall–Kier alpha value is -2.54. The van der Waals surface area contributed by atoms with Gasteiger partial charge in [0.25, 0.3) is 5.24 Å². The molecule has 0 aliphatic carbocycles. The number of carbonyl (C=O) groups is 2. The summed E-state index contributed by atoms with van der Waals surface area (Å²) in [7, 11) is 1.93. The number of thioether (sulfide) groups is 1. The standard InChI is InChI=1S/C18H19N3O3S/c1-21(16-4-2-3-9-19-16)10-11-24-14-7-5-13(6-8-14)12-15-17(22)20-18(23)25-15/h2-9,15H,10-12H2,1H3,(H,20,22,23)/i12D2. The van der Waals surface area contributed by atoms with E-state index in [1.165, 1.54) is 0 Å². The molecular weight excluding hydrogens is 338 g/mol. The Balaban J connectivity index is 1.57. The Morgan fingerprint density at radius 3 is 2.72 bits per heavy atom. The molecule has 1 aliphatic heterocycles. The summed E-state index contributed by atoms with van der Waals surface area (Å²) in [5, 5.41) is 0.501. The molecule has 3 rings (SSSR count). The van der Waals surface area contributed by atoms with Gasteiger partial charge in [0.15, 0.2) is 0 Å². The second-order valence-electron chi connectivity index (χ2n) is 5.40. The lowest BCUT2D eigenvalue weighted by Crippen LogP contribution is -2.25. The number of amides is 2. The van der Waals surface area contributed by atoms with Gasteiger partial charge in [0, 0.05) is 16.0 Å². The zero-order valence-corrected chi connectivity index (χ0v) is 14.5. The number of nitrogens with one attached hydrogen (secondary N) is 1. The van der Waals surface area contributed by atoms with Crippen LogP contribution in [-0.2, 0) is 11.2 Å². The molecule has 1 saturated heterocycles. The summed E-state index contributed by atoms with van der Waals surface area (Å²) in [5.74, 6) is 0.850. The maximum Gasteiger partial charge on any atom is 0.286 e. The lowest BCUT2D eigenvalue weighted by molar-refractivity contribution is -0.118. The summed E-state index contributed by atoms with van der Waals surface area (Å²) in [4.78, 5) is 29.3. The normalized spacial score (nSPS) is 18.4. The smallest absolute Gasteiger partial charge is 0.286 e. The molecule has 0 spiro atoms. The number of pyridine rings is 1. The molecule has 1 unspecified atom stereocenters. The van der Waals surface area contributed by atoms with E-state index < -0.39 is 22.8 Å². The number of imide groups is 1. The Morgan fingerprint density at radius 1 is 1.28 bits per heavy atom. The highest BCUT2D eigenvalue weighted by Gasteiger charge is 2.31. The van der Waals surface area contributed by atoms with E-state index in [1.807, 2.05) is 30.1 Å². The predicted octanol–water partition coefficient (Wildman–Crippen LogP) is 2.49. The van der Waals surface area contributed by atoms with E-state index in [-0.39, 0.29) is 0 Å². The number of carbonyl (C=O) groups excluding carboxylic acids is 2. The van der Waals surface area contributed by atoms with Gasteiger partial charge in [-0.15, -0.1) is 0 Å². The van der Waals surface area contributed by atoms with Gasteiger partial charge >= 0.3 is 0 Å². The van der Waals surface area contributed by atoms with E-state index in [2.05, 4.69) is 10.3 Å². The average Bonchev–Trinajstić information content (AvgIpc) is 3.02. The predicted molar refractivity (Wildman–Crippen MR) is 98.1 cm³/mol. The van der Waals surface area contributed by atoms with Crippen LogP contribution in [0.2, 0.25) is 0 Å². The molecule has 1 aromatic heterocycles. The van der Waals surface area contributed by atoms with Gasteiger partial charge in [-0.3, -0.25) is 14.9 Å². The van der Waals surface area contributed by atoms with Crippen molar-refractivity contribution < 1.29 is 17.1 Å². The molecule has 1 aromatic carbocycles. The first-order valence-corrected chi connectivity index (χ1v) is 8.63. The van der Waals surface area contributed by atoms with Crippen molar-refractivity contribution in [3.8, 4) is 5.75 Å². The maximum atomic E-state index is 11.8. The lowest BCUT2D eigenvalue weighted by Gasteiger charge is -2.18. The molecule has 6 nitrogen and oxygen atoms in total. The third-order valence-electron chi connectivity index (χ3n) is 3.58. The molecule has 1 aliphatic rings. The lowest BCUT2D eigenvalue weighted by atomic mass is 10.1. The Bertz CT molecular complexity index is 818. The molecule has 0 saturated carbocycles. The van der Waals surface area contributed by atoms with Crippen LogP contribution in [0.25, 0.3) is 0 Å². The van der Waals surface area contributed by atoms with Gasteiger partial charge in [0.2, 0.25) is 5.91 Å². The van der Waals surface area contributed by atoms with Gasteiger partial charge in [-0.25, -0.2) is 4.98 Å². The Kier molecular flexibility index (Phi) is 4.74. The van der Waals surface area contributed by atoms with Crippen molar-refractivity contribution >= 4 is 28.7 Å². The second kappa shape index (κ2) is 8.02. The van der Waals surface area contributed by atoms with Crippen LogP contribution in [0, 0.1) is 0 Å². The van der Waals surface area contributed by atoms with E-state index in [1.54, 1.807) is 30.5 Å². The zero-order valence-electron chi connectivity index (χ0n) is 15.6. The van der Waals surface area contributed by atoms with Gasteiger partial charge in [-0.05, 0) is 36.2 Å². The van der Waals surface area contributed by atoms with Gasteiger partial charge in [0.05, 0.1) is 11.8 Å². The highest BCUT2D eigenvalue weighted by atomic mass is 32.2. The molecule has 1 N–H and O–H groups in total. The van der Waals surface area contributed by atoms with Crippen LogP contribution in [0.5, 0.6) is 5.75 Å². The second-order valence-corrected chi connectivity index (χ2v) is 6.48. The fourth-order valence-corrected chi connectivity index (χ4v) is 2.98. The molecule has 2 heterocycles. The van der Waals surface area contributed by atoms with Crippen LogP contribution < -0.4 is 15.0 Å². The number of hydrogen-bond donors (Lipinski definition) is 1. The van der Waals surface area contributed by atoms with Gasteiger partial charge in [-0.2, -0.15) is 0 Å². The quantitative estimate of drug-likeness (QED) is 0.819. The Labute approximate surface area is 153 Å². The summed E-state index contributed by atoms with van der Waals surface area (Å²) >= 11 is 0.677. The van der Waals surface area contributed by atoms with Gasteiger partial charge < -0.3 is 9.64 Å². The maximum absolute atomic E-state index is 11.8. The largest absolute Gasteiger partial charge is 0.492 e. The van der Waals surface area contributed by atoms with Crippen molar-refractivity contribution in [3.05, 3.63) is 54.2 Å². The Morgan fingerprint density at radius 2 is 2.08 bits per heavy atom. The van der Waals surface area contributed by atoms with Crippen LogP contribution in [0.4, 0.5) is 10.6 Å². The highest BCUT2D eigenvalue weighted by molar-refractivity contribution is 8.15. The van der Waals surface area contributed by atoms with E-state index >= 15 is 0 Å². The van der Waals surface area contributed by atoms with Crippen molar-refractivity contribution in [1.82, 2.24) is 10.3 Å². The summed E-state index contributed by atoms with van der Waals surface area (Å²) in [5.41, 5.74) is 0.322. The van der Waals surface area contributed by atoms with E-state index in [4.69, 9.17) is 7.48 Å². The molecular formula is C18H19N3O3S. The SMILES string of the molecule is [2H]C([2H])(c1ccc(OCCN(C)c2ccccn2)cc1)C1SC(=O)NC1=O. The van der Waals surface area contributed by atoms with Crippen molar-refractivity contribution in [2.45, 2.75) is 11.6 Å². The number of likely N-dealkylation sites (N-methyl/N-ethyl adjacent to an activating group) is 1. The number of aromatic nitrogens is 1. The number of hydrogen-bond acceptors (Lipinski definition) is 6. The minimum absolute atomic E-state index is 0.322. The minimum Gasteiger partial charge on any atom is -0.492 e. The van der Waals surface area contributed by atoms with Crippen LogP contribution in [0.3, 0.4) is 0 Å². The monoisotopic (exact) mass is 359 g/mol. The average molecular weight is 359 g/mol. The van der Waals surface area contributed by atoms with Crippen molar-refractivity contribution in [2.24, 2.45) is 0 Å². The number of anilines is 1. The molecule has 0 radical (unpaired) electrons. The summed E-state index contributed by atoms with van der Waals surface area (Å²) in [6.07, 6.45) is -0.228. The van der Waals surface area contributed by atoms with E-state index in [0.29, 0.717) is 36.2 Å². The number of benzene rings is 1. The minimum atomic E-state index is -1.96. The zero-order chi connectivity index (χ0) is 19.4. The van der Waals surface area contributed by atoms with Crippen molar-refractivity contribution in [2.75, 3.05) is 25.1 Å². The first-order chi connectivity index (χ1) is 12.9. The molecule has 2 amide bonds. The van der Waals surface area contributed by atoms with E-state index in [9.17, 15) is 9.59 Å². The van der Waals surface area contributed by atoms with Crippen LogP contribution in [-0.4, -0.2) is 41.6 Å². The summed E-state index contributed by atoms with van der Waals surface area (Å²) < 4.78 is 22.1. The fourth-order valence-electron chi connectivity index (χ4n) is 2.24. The first kappa shape index (κ1) is 14.8. The fraction of sp³-hybridized carbons (Fsp3) is 0.278. The molecule has 2 aromatic rings. The number of nitrogens with zero attached hydrogens (tertiary/aromatic N) is 2. The van der Waals surface area contributed by atoms with Crippen molar-refractivity contribution in [1.29, 1.82) is 0 Å². The van der Waals surface area contributed by atoms with Gasteiger partial charge in [-0.1, -0.05) is 30.0 Å². The number of rotatable bonds is 7. The molecule has 130 valence electrons. The molecule has 25 heavy (non-hydrogen) atoms. The van der Waals surface area contributed by atoms with Crippen LogP contribution >= 0.6 is 11.8 Å². The summed E-state index contributed by atoms with van der Waals surface area (Å²) in [6, 6.07) is 12.2. The first-order valence-electron chi connectivity index (χ1n) is 8.75. The third-order valence-corrected chi connectivity index (χ3v) is 4.46. The highest BCUT2D eigenvalue weighted by Crippen LogP contribution is 2.23. The molecule has 1 fully saturated rings. The van der Waals surface area contributed by atoms with Crippen LogP contribution in [0.1, 0.15) is 8.30 Å². The molecule has 0 bridgehead atoms. The van der Waals surface area contributed by atoms with Crippen LogP contribution in [0.15, 0.2) is 48.7 Å². The van der Waals surface area contributed by atoms with Crippen molar-refractivity contribution in [3.63, 3.8) is 0 Å². The van der Waals surface area contributed by atoms with Gasteiger partial charge in [0.1, 0.15) is 18.2 Å². The third kappa shape index (κ3) is 4.73. The number of ether oxygens (including phenoxy) is 1. The molecule has 7 heteroatoms. The van der Waals surface area contributed by atoms with E-state index in [0.717, 1.165) is 5.82 Å². The molecule has 1 atom stereocenters.